The van der Waals surface area contributed by atoms with Crippen molar-refractivity contribution in [2.24, 2.45) is 11.8 Å². The topological polar surface area (TPSA) is 98.8 Å². The maximum Gasteiger partial charge on any atom is 0.246 e. The lowest BCUT2D eigenvalue weighted by atomic mass is 9.84. The summed E-state index contributed by atoms with van der Waals surface area (Å²) in [5.41, 5.74) is 1.67. The third-order valence-corrected chi connectivity index (χ3v) is 6.69. The molecule has 2 N–H and O–H groups in total. The second-order valence-electron chi connectivity index (χ2n) is 8.12. The monoisotopic (exact) mass is 402 g/mol. The van der Waals surface area contributed by atoms with E-state index in [2.05, 4.69) is 10.6 Å². The van der Waals surface area contributed by atoms with E-state index < -0.39 is 36.0 Å². The second kappa shape index (κ2) is 6.07. The maximum absolute atomic E-state index is 12.9. The van der Waals surface area contributed by atoms with Crippen LogP contribution in [-0.2, 0) is 19.2 Å². The van der Waals surface area contributed by atoms with E-state index in [9.17, 15) is 19.2 Å². The van der Waals surface area contributed by atoms with Crippen molar-refractivity contribution < 1.29 is 19.2 Å². The minimum absolute atomic E-state index is 0.346. The van der Waals surface area contributed by atoms with E-state index in [1.165, 1.54) is 0 Å². The van der Waals surface area contributed by atoms with Crippen molar-refractivity contribution in [1.82, 2.24) is 20.7 Å². The Morgan fingerprint density at radius 2 is 0.867 bits per heavy atom. The van der Waals surface area contributed by atoms with Crippen molar-refractivity contribution in [3.63, 3.8) is 0 Å². The Hall–Kier alpha value is -3.36. The average molecular weight is 402 g/mol. The zero-order valence-electron chi connectivity index (χ0n) is 15.8. The van der Waals surface area contributed by atoms with Crippen LogP contribution in [0.1, 0.15) is 23.2 Å². The summed E-state index contributed by atoms with van der Waals surface area (Å²) in [7, 11) is 0. The fraction of sp³-hybridized carbons (Fsp3) is 0.273. The van der Waals surface area contributed by atoms with Gasteiger partial charge < -0.3 is 0 Å². The van der Waals surface area contributed by atoms with Crippen LogP contribution in [0.15, 0.2) is 60.7 Å². The van der Waals surface area contributed by atoms with Gasteiger partial charge in [-0.15, -0.1) is 0 Å². The Morgan fingerprint density at radius 1 is 0.500 bits per heavy atom. The molecule has 6 rings (SSSR count). The molecule has 4 amide bonds. The fourth-order valence-electron chi connectivity index (χ4n) is 5.64. The molecule has 4 saturated heterocycles. The van der Waals surface area contributed by atoms with Crippen LogP contribution in [0.4, 0.5) is 0 Å². The smallest absolute Gasteiger partial charge is 0.246 e. The molecule has 0 bridgehead atoms. The summed E-state index contributed by atoms with van der Waals surface area (Å²) in [6.45, 7) is 0. The van der Waals surface area contributed by atoms with Crippen LogP contribution < -0.4 is 10.6 Å². The molecule has 0 saturated carbocycles. The van der Waals surface area contributed by atoms with Crippen LogP contribution in [-0.4, -0.2) is 45.7 Å². The minimum atomic E-state index is -0.765. The van der Waals surface area contributed by atoms with E-state index in [-0.39, 0.29) is 23.6 Å². The van der Waals surface area contributed by atoms with E-state index in [0.717, 1.165) is 11.1 Å². The summed E-state index contributed by atoms with van der Waals surface area (Å²) in [4.78, 5) is 51.3. The van der Waals surface area contributed by atoms with Gasteiger partial charge in [0.25, 0.3) is 0 Å². The molecule has 0 radical (unpaired) electrons. The van der Waals surface area contributed by atoms with Crippen molar-refractivity contribution >= 4 is 23.6 Å². The van der Waals surface area contributed by atoms with E-state index in [1.54, 1.807) is 0 Å². The molecule has 150 valence electrons. The predicted octanol–water partition coefficient (Wildman–Crippen LogP) is 0.298. The number of benzene rings is 2. The Morgan fingerprint density at radius 3 is 1.23 bits per heavy atom. The van der Waals surface area contributed by atoms with Gasteiger partial charge in [-0.25, -0.2) is 10.0 Å². The zero-order valence-corrected chi connectivity index (χ0v) is 15.8. The van der Waals surface area contributed by atoms with E-state index in [4.69, 9.17) is 0 Å². The van der Waals surface area contributed by atoms with Gasteiger partial charge in [0, 0.05) is 0 Å². The number of rotatable bonds is 2. The molecule has 2 aromatic rings. The molecule has 8 nitrogen and oxygen atoms in total. The third kappa shape index (κ3) is 2.12. The largest absolute Gasteiger partial charge is 0.295 e. The van der Waals surface area contributed by atoms with Gasteiger partial charge in [-0.2, -0.15) is 0 Å². The summed E-state index contributed by atoms with van der Waals surface area (Å²) in [5.74, 6) is -2.78. The number of nitrogens with one attached hydrogen (secondary N) is 2. The number of hydrogen-bond donors (Lipinski definition) is 2. The Labute approximate surface area is 171 Å². The predicted molar refractivity (Wildman–Crippen MR) is 103 cm³/mol. The molecular formula is C22H18N4O4. The summed E-state index contributed by atoms with van der Waals surface area (Å²) < 4.78 is 0. The van der Waals surface area contributed by atoms with Crippen LogP contribution >= 0.6 is 0 Å². The molecular weight excluding hydrogens is 384 g/mol. The highest BCUT2D eigenvalue weighted by molar-refractivity contribution is 6.10. The molecule has 4 aliphatic heterocycles. The number of carbonyl (C=O) groups is 4. The third-order valence-electron chi connectivity index (χ3n) is 6.69. The van der Waals surface area contributed by atoms with Crippen LogP contribution in [0.5, 0.6) is 0 Å². The van der Waals surface area contributed by atoms with Gasteiger partial charge in [0.15, 0.2) is 0 Å². The van der Waals surface area contributed by atoms with Crippen molar-refractivity contribution in [1.29, 1.82) is 0 Å². The van der Waals surface area contributed by atoms with Crippen LogP contribution in [0.3, 0.4) is 0 Å². The molecule has 2 aromatic carbocycles. The first kappa shape index (κ1) is 17.5. The molecule has 6 atom stereocenters. The lowest BCUT2D eigenvalue weighted by molar-refractivity contribution is -0.139. The van der Waals surface area contributed by atoms with Gasteiger partial charge in [-0.3, -0.25) is 29.8 Å². The number of carbonyl (C=O) groups excluding carboxylic acids is 4. The van der Waals surface area contributed by atoms with Crippen LogP contribution in [0.2, 0.25) is 0 Å². The van der Waals surface area contributed by atoms with Crippen molar-refractivity contribution in [3.05, 3.63) is 71.8 Å². The van der Waals surface area contributed by atoms with Crippen molar-refractivity contribution in [2.75, 3.05) is 0 Å². The van der Waals surface area contributed by atoms with E-state index in [0.29, 0.717) is 0 Å². The first-order valence-corrected chi connectivity index (χ1v) is 9.94. The number of imide groups is 2. The normalized spacial score (nSPS) is 35.2. The molecule has 4 heterocycles. The first-order valence-electron chi connectivity index (χ1n) is 9.94. The molecule has 30 heavy (non-hydrogen) atoms. The lowest BCUT2D eigenvalue weighted by Crippen LogP contribution is -2.48. The average Bonchev–Trinajstić information content (AvgIpc) is 3.43. The second-order valence-corrected chi connectivity index (χ2v) is 8.12. The number of fused-ring (bicyclic) bond motifs is 5. The van der Waals surface area contributed by atoms with Gasteiger partial charge in [0.2, 0.25) is 23.6 Å². The standard InChI is InChI=1S/C22H18N4O4/c27-19-13-15(11-7-3-1-4-8-11)25-18-14(20(28)24-22(18)30)16(12-9-5-2-6-10-12)26(25)17(13)21(29)23-19/h1-10,13-18H,(H,23,27,29)(H,24,28,30)/t13-,14-,15-,16-,17+,18+/m1/s1. The van der Waals surface area contributed by atoms with E-state index in [1.807, 2.05) is 70.7 Å². The first-order chi connectivity index (χ1) is 14.6. The molecule has 8 heteroatoms. The number of nitrogens with zero attached hydrogens (tertiary/aromatic N) is 2. The quantitative estimate of drug-likeness (QED) is 0.701. The molecule has 4 fully saturated rings. The van der Waals surface area contributed by atoms with Crippen LogP contribution in [0, 0.1) is 11.8 Å². The number of hydrazine groups is 1. The zero-order chi connectivity index (χ0) is 20.6. The molecule has 4 aliphatic rings. The Kier molecular flexibility index (Phi) is 3.54. The van der Waals surface area contributed by atoms with Gasteiger partial charge in [-0.05, 0) is 11.1 Å². The van der Waals surface area contributed by atoms with Gasteiger partial charge in [0.1, 0.15) is 12.1 Å². The summed E-state index contributed by atoms with van der Waals surface area (Å²) >= 11 is 0. The molecule has 0 unspecified atom stereocenters. The van der Waals surface area contributed by atoms with Crippen molar-refractivity contribution in [2.45, 2.75) is 24.2 Å². The van der Waals surface area contributed by atoms with Gasteiger partial charge >= 0.3 is 0 Å². The van der Waals surface area contributed by atoms with Crippen molar-refractivity contribution in [3.8, 4) is 0 Å². The molecule has 0 aromatic heterocycles. The van der Waals surface area contributed by atoms with E-state index >= 15 is 0 Å². The molecule has 0 spiro atoms. The highest BCUT2D eigenvalue weighted by Crippen LogP contribution is 2.56. The lowest BCUT2D eigenvalue weighted by Gasteiger charge is -2.33. The molecule has 0 aliphatic carbocycles. The Balaban J connectivity index is 1.58. The van der Waals surface area contributed by atoms with Gasteiger partial charge in [0.05, 0.1) is 23.9 Å². The maximum atomic E-state index is 12.9. The highest BCUT2D eigenvalue weighted by Gasteiger charge is 2.71. The summed E-state index contributed by atoms with van der Waals surface area (Å²) in [5, 5.41) is 8.57. The fourth-order valence-corrected chi connectivity index (χ4v) is 5.64. The number of amides is 4. The highest BCUT2D eigenvalue weighted by atomic mass is 16.2. The minimum Gasteiger partial charge on any atom is -0.295 e. The summed E-state index contributed by atoms with van der Waals surface area (Å²) in [6, 6.07) is 16.2. The Bertz CT molecular complexity index is 1000. The summed E-state index contributed by atoms with van der Waals surface area (Å²) in [6.07, 6.45) is 0. The van der Waals surface area contributed by atoms with Crippen LogP contribution in [0.25, 0.3) is 0 Å². The SMILES string of the molecule is O=C1NC(=O)[C@@H]2[C@H]1[C@@H](c1ccccc1)N1[C@@H]3C(=O)NC(=O)[C@@H]3[C@@H](c3ccccc3)N21. The number of hydrogen-bond acceptors (Lipinski definition) is 6. The van der Waals surface area contributed by atoms with Gasteiger partial charge in [-0.1, -0.05) is 60.7 Å².